The smallest absolute Gasteiger partial charge is 0.197 e. The third-order valence-electron chi connectivity index (χ3n) is 3.01. The first kappa shape index (κ1) is 8.85. The molecule has 4 heteroatoms. The van der Waals surface area contributed by atoms with Crippen LogP contribution in [-0.4, -0.2) is 27.5 Å². The van der Waals surface area contributed by atoms with E-state index in [1.54, 1.807) is 4.57 Å². The van der Waals surface area contributed by atoms with Crippen LogP contribution < -0.4 is 0 Å². The second-order valence-corrected chi connectivity index (χ2v) is 4.05. The second-order valence-electron chi connectivity index (χ2n) is 4.05. The number of nitrogens with zero attached hydrogens (tertiary/aromatic N) is 1. The SMILES string of the molecule is Oc1c2c(c(O)n1CC1CO1)CC=CC2. The molecular formula is C11H13NO3. The van der Waals surface area contributed by atoms with Crippen LogP contribution in [0.2, 0.25) is 0 Å². The first-order valence-corrected chi connectivity index (χ1v) is 5.16. The molecule has 15 heavy (non-hydrogen) atoms. The molecule has 1 aromatic heterocycles. The highest BCUT2D eigenvalue weighted by Gasteiger charge is 2.29. The van der Waals surface area contributed by atoms with Gasteiger partial charge in [0, 0.05) is 11.1 Å². The molecule has 1 aromatic rings. The Kier molecular flexibility index (Phi) is 1.79. The molecule has 80 valence electrons. The van der Waals surface area contributed by atoms with E-state index in [2.05, 4.69) is 0 Å². The van der Waals surface area contributed by atoms with Gasteiger partial charge in [0.15, 0.2) is 11.8 Å². The molecule has 1 atom stereocenters. The Morgan fingerprint density at radius 3 is 2.20 bits per heavy atom. The maximum atomic E-state index is 9.95. The number of aromatic hydroxyl groups is 2. The molecule has 3 rings (SSSR count). The van der Waals surface area contributed by atoms with Gasteiger partial charge in [0.1, 0.15) is 0 Å². The quantitative estimate of drug-likeness (QED) is 0.561. The first-order chi connectivity index (χ1) is 7.27. The molecule has 0 radical (unpaired) electrons. The average Bonchev–Trinajstić information content (AvgIpc) is 3.04. The fraction of sp³-hybridized carbons (Fsp3) is 0.455. The molecule has 1 unspecified atom stereocenters. The van der Waals surface area contributed by atoms with Crippen LogP contribution in [0.3, 0.4) is 0 Å². The Bertz CT molecular complexity index is 398. The monoisotopic (exact) mass is 207 g/mol. The van der Waals surface area contributed by atoms with Crippen LogP contribution in [0.1, 0.15) is 11.1 Å². The summed E-state index contributed by atoms with van der Waals surface area (Å²) < 4.78 is 6.65. The maximum Gasteiger partial charge on any atom is 0.197 e. The Balaban J connectivity index is 2.02. The molecular weight excluding hydrogens is 194 g/mol. The predicted molar refractivity (Wildman–Crippen MR) is 54.0 cm³/mol. The number of allylic oxidation sites excluding steroid dienone is 2. The summed E-state index contributed by atoms with van der Waals surface area (Å²) >= 11 is 0. The van der Waals surface area contributed by atoms with Crippen LogP contribution in [0.5, 0.6) is 11.8 Å². The van der Waals surface area contributed by atoms with Crippen molar-refractivity contribution in [2.24, 2.45) is 0 Å². The topological polar surface area (TPSA) is 57.9 Å². The predicted octanol–water partition coefficient (Wildman–Crippen LogP) is 0.953. The zero-order valence-corrected chi connectivity index (χ0v) is 8.31. The lowest BCUT2D eigenvalue weighted by Gasteiger charge is -2.03. The average molecular weight is 207 g/mol. The van der Waals surface area contributed by atoms with Crippen molar-refractivity contribution in [2.75, 3.05) is 6.61 Å². The van der Waals surface area contributed by atoms with Crippen molar-refractivity contribution >= 4 is 0 Å². The van der Waals surface area contributed by atoms with Crippen LogP contribution in [0, 0.1) is 0 Å². The molecule has 2 heterocycles. The van der Waals surface area contributed by atoms with Gasteiger partial charge in [-0.25, -0.2) is 0 Å². The lowest BCUT2D eigenvalue weighted by molar-refractivity contribution is 0.327. The number of rotatable bonds is 2. The molecule has 0 aromatic carbocycles. The van der Waals surface area contributed by atoms with Gasteiger partial charge in [-0.3, -0.25) is 4.57 Å². The highest BCUT2D eigenvalue weighted by Crippen LogP contribution is 2.37. The van der Waals surface area contributed by atoms with Crippen molar-refractivity contribution in [2.45, 2.75) is 25.5 Å². The number of hydrogen-bond donors (Lipinski definition) is 2. The van der Waals surface area contributed by atoms with E-state index in [9.17, 15) is 10.2 Å². The minimum absolute atomic E-state index is 0.156. The van der Waals surface area contributed by atoms with E-state index < -0.39 is 0 Å². The van der Waals surface area contributed by atoms with Crippen molar-refractivity contribution in [3.63, 3.8) is 0 Å². The summed E-state index contributed by atoms with van der Waals surface area (Å²) in [6.45, 7) is 1.27. The van der Waals surface area contributed by atoms with Crippen LogP contribution in [0.4, 0.5) is 0 Å². The summed E-state index contributed by atoms with van der Waals surface area (Å²) in [4.78, 5) is 0. The Labute approximate surface area is 87.4 Å². The van der Waals surface area contributed by atoms with E-state index >= 15 is 0 Å². The second kappa shape index (κ2) is 3.03. The summed E-state index contributed by atoms with van der Waals surface area (Å²) in [5.41, 5.74) is 1.71. The molecule has 0 bridgehead atoms. The third kappa shape index (κ3) is 1.33. The fourth-order valence-corrected chi connectivity index (χ4v) is 2.08. The van der Waals surface area contributed by atoms with E-state index in [1.807, 2.05) is 12.2 Å². The van der Waals surface area contributed by atoms with Gasteiger partial charge >= 0.3 is 0 Å². The minimum Gasteiger partial charge on any atom is -0.494 e. The third-order valence-corrected chi connectivity index (χ3v) is 3.01. The molecule has 4 nitrogen and oxygen atoms in total. The minimum atomic E-state index is 0.156. The van der Waals surface area contributed by atoms with Gasteiger partial charge in [0.2, 0.25) is 0 Å². The standard InChI is InChI=1S/C11H13NO3/c13-10-8-3-1-2-4-9(8)11(14)12(10)5-7-6-15-7/h1-2,7,13-14H,3-6H2. The van der Waals surface area contributed by atoms with Gasteiger partial charge in [0.25, 0.3) is 0 Å². The Morgan fingerprint density at radius 2 is 1.73 bits per heavy atom. The first-order valence-electron chi connectivity index (χ1n) is 5.16. The summed E-state index contributed by atoms with van der Waals surface area (Å²) in [6.07, 6.45) is 5.59. The molecule has 1 saturated heterocycles. The molecule has 2 aliphatic rings. The van der Waals surface area contributed by atoms with Gasteiger partial charge in [-0.05, 0) is 12.8 Å². The van der Waals surface area contributed by atoms with E-state index in [1.165, 1.54) is 0 Å². The van der Waals surface area contributed by atoms with Gasteiger partial charge in [0.05, 0.1) is 19.3 Å². The normalized spacial score (nSPS) is 22.8. The van der Waals surface area contributed by atoms with Crippen LogP contribution in [0.25, 0.3) is 0 Å². The zero-order chi connectivity index (χ0) is 10.4. The number of hydrogen-bond acceptors (Lipinski definition) is 3. The Hall–Kier alpha value is -1.42. The highest BCUT2D eigenvalue weighted by molar-refractivity contribution is 5.49. The summed E-state index contributed by atoms with van der Waals surface area (Å²) in [5.74, 6) is 0.393. The molecule has 0 spiro atoms. The van der Waals surface area contributed by atoms with E-state index in [4.69, 9.17) is 4.74 Å². The van der Waals surface area contributed by atoms with Crippen molar-refractivity contribution < 1.29 is 14.9 Å². The van der Waals surface area contributed by atoms with Crippen molar-refractivity contribution in [3.8, 4) is 11.8 Å². The van der Waals surface area contributed by atoms with Crippen molar-refractivity contribution in [3.05, 3.63) is 23.3 Å². The van der Waals surface area contributed by atoms with E-state index in [0.717, 1.165) is 17.7 Å². The summed E-state index contributed by atoms with van der Waals surface area (Å²) in [7, 11) is 0. The van der Waals surface area contributed by atoms with E-state index in [-0.39, 0.29) is 17.9 Å². The lowest BCUT2D eigenvalue weighted by atomic mass is 10.0. The fourth-order valence-electron chi connectivity index (χ4n) is 2.08. The Morgan fingerprint density at radius 1 is 1.20 bits per heavy atom. The van der Waals surface area contributed by atoms with Gasteiger partial charge in [-0.15, -0.1) is 0 Å². The molecule has 0 amide bonds. The summed E-state index contributed by atoms with van der Waals surface area (Å²) in [6, 6.07) is 0. The maximum absolute atomic E-state index is 9.95. The van der Waals surface area contributed by atoms with Gasteiger partial charge in [-0.2, -0.15) is 0 Å². The molecule has 1 aliphatic carbocycles. The van der Waals surface area contributed by atoms with Gasteiger partial charge < -0.3 is 14.9 Å². The van der Waals surface area contributed by atoms with E-state index in [0.29, 0.717) is 19.4 Å². The number of ether oxygens (including phenoxy) is 1. The van der Waals surface area contributed by atoms with Crippen molar-refractivity contribution in [1.82, 2.24) is 4.57 Å². The number of aromatic nitrogens is 1. The molecule has 0 saturated carbocycles. The lowest BCUT2D eigenvalue weighted by Crippen LogP contribution is -2.02. The zero-order valence-electron chi connectivity index (χ0n) is 8.31. The molecule has 2 N–H and O–H groups in total. The number of fused-ring (bicyclic) bond motifs is 1. The van der Waals surface area contributed by atoms with Crippen molar-refractivity contribution in [1.29, 1.82) is 0 Å². The van der Waals surface area contributed by atoms with Gasteiger partial charge in [-0.1, -0.05) is 12.2 Å². The molecule has 1 aliphatic heterocycles. The molecule has 1 fully saturated rings. The summed E-state index contributed by atoms with van der Waals surface area (Å²) in [5, 5.41) is 19.9. The number of epoxide rings is 1. The largest absolute Gasteiger partial charge is 0.494 e. The van der Waals surface area contributed by atoms with Crippen LogP contribution in [0.15, 0.2) is 12.2 Å². The van der Waals surface area contributed by atoms with Crippen LogP contribution >= 0.6 is 0 Å². The van der Waals surface area contributed by atoms with Crippen LogP contribution in [-0.2, 0) is 24.1 Å². The highest BCUT2D eigenvalue weighted by atomic mass is 16.6.